The molecule has 3 unspecified atom stereocenters. The van der Waals surface area contributed by atoms with E-state index in [2.05, 4.69) is 62.4 Å². The SMILES string of the molecule is CC12CC(=O)C3(C)c4ccccc4C13c1ccccc12. The monoisotopic (exact) mass is 260 g/mol. The van der Waals surface area contributed by atoms with Crippen molar-refractivity contribution in [1.82, 2.24) is 0 Å². The van der Waals surface area contributed by atoms with Gasteiger partial charge in [0.15, 0.2) is 0 Å². The first-order valence-electron chi connectivity index (χ1n) is 7.32. The molecule has 0 aliphatic heterocycles. The molecule has 20 heavy (non-hydrogen) atoms. The molecule has 3 aliphatic rings. The number of benzene rings is 2. The fraction of sp³-hybridized carbons (Fsp3) is 0.316. The van der Waals surface area contributed by atoms with Crippen LogP contribution in [-0.2, 0) is 21.0 Å². The molecule has 2 aromatic carbocycles. The summed E-state index contributed by atoms with van der Waals surface area (Å²) in [4.78, 5) is 12.8. The topological polar surface area (TPSA) is 17.1 Å². The van der Waals surface area contributed by atoms with E-state index in [1.54, 1.807) is 0 Å². The Morgan fingerprint density at radius 2 is 1.30 bits per heavy atom. The van der Waals surface area contributed by atoms with Crippen molar-refractivity contribution in [1.29, 1.82) is 0 Å². The van der Waals surface area contributed by atoms with Crippen molar-refractivity contribution in [3.8, 4) is 0 Å². The van der Waals surface area contributed by atoms with Crippen LogP contribution in [0.15, 0.2) is 48.5 Å². The standard InChI is InChI=1S/C19H16O/c1-17-11-16(20)18(2)13-8-4-6-10-15(13)19(17,18)14-9-5-3-7-12(14)17/h3-10H,11H2,1-2H3. The highest BCUT2D eigenvalue weighted by Gasteiger charge is 2.81. The summed E-state index contributed by atoms with van der Waals surface area (Å²) in [7, 11) is 0. The first kappa shape index (κ1) is 10.8. The van der Waals surface area contributed by atoms with Gasteiger partial charge >= 0.3 is 0 Å². The predicted octanol–water partition coefficient (Wildman–Crippen LogP) is 3.49. The van der Waals surface area contributed by atoms with Crippen LogP contribution < -0.4 is 0 Å². The Hall–Kier alpha value is -1.89. The van der Waals surface area contributed by atoms with Gasteiger partial charge in [0.2, 0.25) is 0 Å². The second-order valence-electron chi connectivity index (χ2n) is 6.90. The maximum Gasteiger partial charge on any atom is 0.145 e. The Bertz CT molecular complexity index is 805. The van der Waals surface area contributed by atoms with E-state index in [-0.39, 0.29) is 16.2 Å². The summed E-state index contributed by atoms with van der Waals surface area (Å²) in [6, 6.07) is 17.2. The van der Waals surface area contributed by atoms with Gasteiger partial charge in [-0.1, -0.05) is 55.5 Å². The van der Waals surface area contributed by atoms with Gasteiger partial charge in [-0.3, -0.25) is 4.79 Å². The summed E-state index contributed by atoms with van der Waals surface area (Å²) in [6.45, 7) is 4.45. The number of carbonyl (C=O) groups is 1. The number of Topliss-reactive ketones (excluding diaryl/α,β-unsaturated/α-hetero) is 1. The molecule has 98 valence electrons. The van der Waals surface area contributed by atoms with E-state index in [1.807, 2.05) is 0 Å². The second-order valence-corrected chi connectivity index (χ2v) is 6.90. The van der Waals surface area contributed by atoms with E-state index in [9.17, 15) is 4.79 Å². The van der Waals surface area contributed by atoms with Crippen molar-refractivity contribution in [2.45, 2.75) is 36.5 Å². The Kier molecular flexibility index (Phi) is 1.50. The van der Waals surface area contributed by atoms with Gasteiger partial charge in [0.05, 0.1) is 5.41 Å². The fourth-order valence-electron chi connectivity index (χ4n) is 5.73. The van der Waals surface area contributed by atoms with Crippen LogP contribution in [-0.4, -0.2) is 5.78 Å². The van der Waals surface area contributed by atoms with Crippen LogP contribution in [0.3, 0.4) is 0 Å². The third-order valence-electron chi connectivity index (χ3n) is 6.44. The van der Waals surface area contributed by atoms with Crippen LogP contribution in [0.2, 0.25) is 0 Å². The molecule has 0 bridgehead atoms. The summed E-state index contributed by atoms with van der Waals surface area (Å²) < 4.78 is 0. The molecule has 0 radical (unpaired) electrons. The molecule has 1 saturated carbocycles. The number of fused-ring (bicyclic) bond motifs is 4. The number of hydrogen-bond acceptors (Lipinski definition) is 1. The van der Waals surface area contributed by atoms with Crippen LogP contribution >= 0.6 is 0 Å². The smallest absolute Gasteiger partial charge is 0.145 e. The van der Waals surface area contributed by atoms with Crippen molar-refractivity contribution in [3.05, 3.63) is 70.8 Å². The molecule has 0 heterocycles. The average Bonchev–Trinajstić information content (AvgIpc) is 2.58. The van der Waals surface area contributed by atoms with Crippen molar-refractivity contribution < 1.29 is 4.79 Å². The van der Waals surface area contributed by atoms with Crippen LogP contribution in [0, 0.1) is 0 Å². The molecule has 1 heteroatoms. The molecule has 1 nitrogen and oxygen atoms in total. The lowest BCUT2D eigenvalue weighted by Gasteiger charge is -2.67. The Morgan fingerprint density at radius 3 is 1.95 bits per heavy atom. The van der Waals surface area contributed by atoms with Crippen LogP contribution in [0.5, 0.6) is 0 Å². The van der Waals surface area contributed by atoms with Gasteiger partial charge in [-0.2, -0.15) is 0 Å². The molecule has 2 aromatic rings. The van der Waals surface area contributed by atoms with E-state index in [0.29, 0.717) is 12.2 Å². The summed E-state index contributed by atoms with van der Waals surface area (Å²) >= 11 is 0. The van der Waals surface area contributed by atoms with Gasteiger partial charge in [0.25, 0.3) is 0 Å². The Balaban J connectivity index is 1.96. The normalized spacial score (nSPS) is 39.0. The van der Waals surface area contributed by atoms with Crippen molar-refractivity contribution in [3.63, 3.8) is 0 Å². The molecule has 1 spiro atoms. The zero-order valence-electron chi connectivity index (χ0n) is 11.7. The molecular weight excluding hydrogens is 244 g/mol. The van der Waals surface area contributed by atoms with Gasteiger partial charge < -0.3 is 0 Å². The highest BCUT2D eigenvalue weighted by molar-refractivity contribution is 6.05. The number of hydrogen-bond donors (Lipinski definition) is 0. The minimum absolute atomic E-state index is 0.0101. The molecule has 0 amide bonds. The summed E-state index contributed by atoms with van der Waals surface area (Å²) in [5.74, 6) is 0.412. The fourth-order valence-corrected chi connectivity index (χ4v) is 5.73. The highest BCUT2D eigenvalue weighted by atomic mass is 16.1. The average molecular weight is 260 g/mol. The number of carbonyl (C=O) groups excluding carboxylic acids is 1. The highest BCUT2D eigenvalue weighted by Crippen LogP contribution is 2.79. The maximum absolute atomic E-state index is 12.8. The minimum Gasteiger partial charge on any atom is -0.299 e. The van der Waals surface area contributed by atoms with Crippen LogP contribution in [0.25, 0.3) is 0 Å². The Morgan fingerprint density at radius 1 is 0.800 bits per heavy atom. The van der Waals surface area contributed by atoms with Gasteiger partial charge in [0.1, 0.15) is 5.78 Å². The quantitative estimate of drug-likeness (QED) is 0.708. The van der Waals surface area contributed by atoms with E-state index < -0.39 is 0 Å². The third kappa shape index (κ3) is 0.688. The second kappa shape index (κ2) is 2.76. The van der Waals surface area contributed by atoms with E-state index >= 15 is 0 Å². The lowest BCUT2D eigenvalue weighted by atomic mass is 9.33. The van der Waals surface area contributed by atoms with Crippen molar-refractivity contribution in [2.75, 3.05) is 0 Å². The predicted molar refractivity (Wildman–Crippen MR) is 78.0 cm³/mol. The molecule has 0 N–H and O–H groups in total. The van der Waals surface area contributed by atoms with E-state index in [4.69, 9.17) is 0 Å². The summed E-state index contributed by atoms with van der Waals surface area (Å²) in [5.41, 5.74) is 5.01. The number of ketones is 1. The van der Waals surface area contributed by atoms with Gasteiger partial charge in [0, 0.05) is 17.3 Å². The summed E-state index contributed by atoms with van der Waals surface area (Å²) in [6.07, 6.45) is 0.676. The first-order chi connectivity index (χ1) is 9.58. The molecule has 5 rings (SSSR count). The zero-order chi connectivity index (χ0) is 13.8. The lowest BCUT2D eigenvalue weighted by Crippen LogP contribution is -2.68. The number of rotatable bonds is 0. The lowest BCUT2D eigenvalue weighted by molar-refractivity contribution is -0.123. The molecule has 3 aliphatic carbocycles. The van der Waals surface area contributed by atoms with E-state index in [1.165, 1.54) is 22.3 Å². The molecule has 3 atom stereocenters. The largest absolute Gasteiger partial charge is 0.299 e. The van der Waals surface area contributed by atoms with Crippen molar-refractivity contribution in [2.24, 2.45) is 0 Å². The van der Waals surface area contributed by atoms with Gasteiger partial charge in [-0.25, -0.2) is 0 Å². The van der Waals surface area contributed by atoms with E-state index in [0.717, 1.165) is 0 Å². The van der Waals surface area contributed by atoms with Gasteiger partial charge in [-0.05, 0) is 29.2 Å². The zero-order valence-corrected chi connectivity index (χ0v) is 11.7. The third-order valence-corrected chi connectivity index (χ3v) is 6.44. The summed E-state index contributed by atoms with van der Waals surface area (Å²) in [5, 5.41) is 0. The van der Waals surface area contributed by atoms with Crippen LogP contribution in [0.1, 0.15) is 42.5 Å². The molecule has 0 aromatic heterocycles. The maximum atomic E-state index is 12.8. The molecule has 0 saturated heterocycles. The molecule has 1 fully saturated rings. The van der Waals surface area contributed by atoms with Gasteiger partial charge in [-0.15, -0.1) is 0 Å². The minimum atomic E-state index is -0.313. The Labute approximate surface area is 118 Å². The van der Waals surface area contributed by atoms with Crippen LogP contribution in [0.4, 0.5) is 0 Å². The first-order valence-corrected chi connectivity index (χ1v) is 7.32. The van der Waals surface area contributed by atoms with Crippen molar-refractivity contribution >= 4 is 5.78 Å². The molecular formula is C19H16O.